The third kappa shape index (κ3) is 5.44. The van der Waals surface area contributed by atoms with Gasteiger partial charge in [-0.25, -0.2) is 0 Å². The molecule has 3 aliphatic rings. The molecule has 0 atom stereocenters. The molecule has 0 aliphatic heterocycles. The van der Waals surface area contributed by atoms with E-state index in [1.54, 1.807) is 0 Å². The van der Waals surface area contributed by atoms with Crippen LogP contribution in [0.3, 0.4) is 0 Å². The molecule has 3 aliphatic carbocycles. The second-order valence-corrected chi connectivity index (χ2v) is 17.8. The van der Waals surface area contributed by atoms with E-state index in [9.17, 15) is 0 Å². The van der Waals surface area contributed by atoms with E-state index in [0.29, 0.717) is 12.0 Å². The fourth-order valence-corrected chi connectivity index (χ4v) is 11.9. The summed E-state index contributed by atoms with van der Waals surface area (Å²) in [5.41, 5.74) is 21.3. The van der Waals surface area contributed by atoms with Gasteiger partial charge in [0.05, 0.1) is 5.41 Å². The molecule has 2 heteroatoms. The Morgan fingerprint density at radius 2 is 0.905 bits per heavy atom. The van der Waals surface area contributed by atoms with Crippen LogP contribution in [0.5, 0.6) is 0 Å². The van der Waals surface area contributed by atoms with E-state index < -0.39 is 0 Å². The minimum Gasteiger partial charge on any atom is -0.456 e. The number of fused-ring (bicyclic) bond motifs is 13. The molecule has 0 unspecified atom stereocenters. The Morgan fingerprint density at radius 1 is 0.397 bits per heavy atom. The highest BCUT2D eigenvalue weighted by molar-refractivity contribution is 6.06. The average Bonchev–Trinajstić information content (AvgIpc) is 4.00. The summed E-state index contributed by atoms with van der Waals surface area (Å²) in [6, 6.07) is 79.2. The molecule has 2 nitrogen and oxygen atoms in total. The van der Waals surface area contributed by atoms with Gasteiger partial charge in [-0.3, -0.25) is 0 Å². The molecule has 1 saturated carbocycles. The van der Waals surface area contributed by atoms with Crippen molar-refractivity contribution in [2.45, 2.75) is 43.1 Å². The van der Waals surface area contributed by atoms with Gasteiger partial charge in [-0.05, 0) is 123 Å². The van der Waals surface area contributed by atoms with Gasteiger partial charge >= 0.3 is 0 Å². The predicted molar refractivity (Wildman–Crippen MR) is 261 cm³/mol. The van der Waals surface area contributed by atoms with Gasteiger partial charge in [-0.2, -0.15) is 0 Å². The van der Waals surface area contributed by atoms with Crippen LogP contribution in [-0.2, 0) is 5.41 Å². The normalized spacial score (nSPS) is 16.8. The number of nitrogens with zero attached hydrogens (tertiary/aromatic N) is 1. The van der Waals surface area contributed by atoms with E-state index in [1.807, 2.05) is 0 Å². The number of furan rings is 1. The summed E-state index contributed by atoms with van der Waals surface area (Å²) >= 11 is 0. The zero-order valence-electron chi connectivity index (χ0n) is 35.0. The minimum absolute atomic E-state index is 0.311. The van der Waals surface area contributed by atoms with Crippen molar-refractivity contribution in [3.63, 3.8) is 0 Å². The van der Waals surface area contributed by atoms with Crippen molar-refractivity contribution in [2.75, 3.05) is 4.90 Å². The zero-order chi connectivity index (χ0) is 41.5. The van der Waals surface area contributed by atoms with Crippen molar-refractivity contribution < 1.29 is 4.42 Å². The summed E-state index contributed by atoms with van der Waals surface area (Å²) in [7, 11) is 0. The zero-order valence-corrected chi connectivity index (χ0v) is 35.0. The van der Waals surface area contributed by atoms with Crippen molar-refractivity contribution in [3.05, 3.63) is 240 Å². The van der Waals surface area contributed by atoms with Crippen LogP contribution in [-0.4, -0.2) is 6.04 Å². The summed E-state index contributed by atoms with van der Waals surface area (Å²) in [5.74, 6) is 0.436. The minimum atomic E-state index is -0.389. The van der Waals surface area contributed by atoms with Gasteiger partial charge in [0.15, 0.2) is 0 Å². The van der Waals surface area contributed by atoms with Gasteiger partial charge in [0.1, 0.15) is 11.2 Å². The van der Waals surface area contributed by atoms with Crippen molar-refractivity contribution >= 4 is 33.3 Å². The van der Waals surface area contributed by atoms with Gasteiger partial charge in [-0.1, -0.05) is 188 Å². The Balaban J connectivity index is 0.934. The van der Waals surface area contributed by atoms with E-state index >= 15 is 0 Å². The first kappa shape index (κ1) is 36.3. The topological polar surface area (TPSA) is 16.4 Å². The monoisotopic (exact) mass is 807 g/mol. The summed E-state index contributed by atoms with van der Waals surface area (Å²) in [4.78, 5) is 2.72. The Labute approximate surface area is 368 Å². The van der Waals surface area contributed by atoms with Gasteiger partial charge in [0.2, 0.25) is 0 Å². The van der Waals surface area contributed by atoms with Gasteiger partial charge < -0.3 is 9.32 Å². The Kier molecular flexibility index (Phi) is 8.24. The van der Waals surface area contributed by atoms with E-state index in [-0.39, 0.29) is 5.41 Å². The number of hydrogen-bond donors (Lipinski definition) is 0. The number of para-hydroxylation sites is 2. The molecule has 0 amide bonds. The summed E-state index contributed by atoms with van der Waals surface area (Å²) in [6.45, 7) is 0. The molecular formula is C61H45NO. The van der Waals surface area contributed by atoms with Crippen LogP contribution in [0.4, 0.5) is 11.4 Å². The molecule has 1 spiro atoms. The fourth-order valence-electron chi connectivity index (χ4n) is 11.9. The molecule has 0 N–H and O–H groups in total. The molecule has 1 fully saturated rings. The molecule has 0 bridgehead atoms. The highest BCUT2D eigenvalue weighted by Gasteiger charge is 2.52. The van der Waals surface area contributed by atoms with Crippen molar-refractivity contribution in [1.82, 2.24) is 0 Å². The van der Waals surface area contributed by atoms with E-state index in [0.717, 1.165) is 36.8 Å². The first-order chi connectivity index (χ1) is 31.3. The number of rotatable bonds is 6. The van der Waals surface area contributed by atoms with Crippen LogP contribution < -0.4 is 4.90 Å². The first-order valence-corrected chi connectivity index (χ1v) is 22.6. The van der Waals surface area contributed by atoms with Crippen LogP contribution in [0.1, 0.15) is 59.4 Å². The molecule has 9 aromatic carbocycles. The lowest BCUT2D eigenvalue weighted by molar-refractivity contribution is 0.391. The van der Waals surface area contributed by atoms with E-state index in [1.165, 1.54) is 94.5 Å². The van der Waals surface area contributed by atoms with E-state index in [4.69, 9.17) is 4.42 Å². The SMILES string of the molecule is c1ccc(-c2ccc(-c3ccc(N(c4cccc5c4-c4ccccc4C54c5ccccc5-c5ccccc54)C4CCC(c5cccc6c5oc5ccccc56)CC4)cc3)cc2)cc1. The average molecular weight is 808 g/mol. The van der Waals surface area contributed by atoms with Gasteiger partial charge in [0.25, 0.3) is 0 Å². The molecule has 13 rings (SSSR count). The van der Waals surface area contributed by atoms with Gasteiger partial charge in [-0.15, -0.1) is 0 Å². The summed E-state index contributed by atoms with van der Waals surface area (Å²) in [6.07, 6.45) is 4.34. The first-order valence-electron chi connectivity index (χ1n) is 22.6. The number of hydrogen-bond acceptors (Lipinski definition) is 2. The lowest BCUT2D eigenvalue weighted by Crippen LogP contribution is -2.35. The maximum atomic E-state index is 6.60. The number of benzene rings is 9. The lowest BCUT2D eigenvalue weighted by Gasteiger charge is -2.40. The maximum Gasteiger partial charge on any atom is 0.138 e. The number of anilines is 2. The molecule has 10 aromatic rings. The summed E-state index contributed by atoms with van der Waals surface area (Å²) < 4.78 is 6.60. The lowest BCUT2D eigenvalue weighted by atomic mass is 9.70. The van der Waals surface area contributed by atoms with Crippen LogP contribution in [0, 0.1) is 0 Å². The third-order valence-electron chi connectivity index (χ3n) is 14.7. The molecule has 0 saturated heterocycles. The molecule has 63 heavy (non-hydrogen) atoms. The predicted octanol–water partition coefficient (Wildman–Crippen LogP) is 16.1. The Morgan fingerprint density at radius 3 is 1.59 bits per heavy atom. The smallest absolute Gasteiger partial charge is 0.138 e. The van der Waals surface area contributed by atoms with Crippen LogP contribution in [0.2, 0.25) is 0 Å². The second kappa shape index (κ2) is 14.3. The van der Waals surface area contributed by atoms with Crippen LogP contribution in [0.25, 0.3) is 66.4 Å². The highest BCUT2D eigenvalue weighted by atomic mass is 16.3. The largest absolute Gasteiger partial charge is 0.456 e. The molecular weight excluding hydrogens is 763 g/mol. The fraction of sp³-hybridized carbons (Fsp3) is 0.115. The van der Waals surface area contributed by atoms with Crippen LogP contribution in [0.15, 0.2) is 217 Å². The van der Waals surface area contributed by atoms with Crippen molar-refractivity contribution in [1.29, 1.82) is 0 Å². The molecule has 1 aromatic heterocycles. The second-order valence-electron chi connectivity index (χ2n) is 17.8. The van der Waals surface area contributed by atoms with Crippen LogP contribution >= 0.6 is 0 Å². The van der Waals surface area contributed by atoms with Gasteiger partial charge in [0, 0.05) is 33.8 Å². The standard InChI is InChI=1S/C61H45NO/c1-2-14-40(15-3-1)41-28-30-42(31-29-41)43-32-36-45(37-33-43)62(46-38-34-44(35-39-46)47-20-12-21-51-50-18-7-11-27-58(50)63-60(47)51)57-26-13-25-56-59(57)52-19-6-10-24-55(52)61(56)53-22-8-4-16-48(53)49-17-5-9-23-54(49)61/h1-33,36-37,44,46H,34-35,38-39H2. The molecule has 1 heterocycles. The molecule has 300 valence electrons. The van der Waals surface area contributed by atoms with Crippen molar-refractivity contribution in [3.8, 4) is 44.5 Å². The van der Waals surface area contributed by atoms with Crippen molar-refractivity contribution in [2.24, 2.45) is 0 Å². The maximum absolute atomic E-state index is 6.60. The quantitative estimate of drug-likeness (QED) is 0.166. The Hall–Kier alpha value is -7.42. The third-order valence-corrected chi connectivity index (χ3v) is 14.7. The summed E-state index contributed by atoms with van der Waals surface area (Å²) in [5, 5.41) is 2.43. The highest BCUT2D eigenvalue weighted by Crippen LogP contribution is 2.64. The van der Waals surface area contributed by atoms with E-state index in [2.05, 4.69) is 217 Å². The molecule has 0 radical (unpaired) electrons. The Bertz CT molecular complexity index is 3300.